The zero-order valence-corrected chi connectivity index (χ0v) is 11.7. The van der Waals surface area contributed by atoms with E-state index in [4.69, 9.17) is 11.6 Å². The quantitative estimate of drug-likeness (QED) is 0.876. The summed E-state index contributed by atoms with van der Waals surface area (Å²) >= 11 is 5.96. The summed E-state index contributed by atoms with van der Waals surface area (Å²) < 4.78 is 1.64. The fourth-order valence-corrected chi connectivity index (χ4v) is 2.17. The van der Waals surface area contributed by atoms with Gasteiger partial charge in [-0.15, -0.1) is 26.9 Å². The van der Waals surface area contributed by atoms with Crippen LogP contribution in [0.25, 0.3) is 5.65 Å². The van der Waals surface area contributed by atoms with E-state index >= 15 is 0 Å². The number of rotatable bonds is 3. The van der Waals surface area contributed by atoms with Gasteiger partial charge in [0, 0.05) is 11.9 Å². The van der Waals surface area contributed by atoms with Crippen LogP contribution < -0.4 is 5.32 Å². The van der Waals surface area contributed by atoms with Crippen molar-refractivity contribution < 1.29 is 0 Å². The van der Waals surface area contributed by atoms with Gasteiger partial charge in [0.2, 0.25) is 0 Å². The predicted molar refractivity (Wildman–Crippen MR) is 72.1 cm³/mol. The molecular weight excluding hydrogens is 266 g/mol. The molecule has 3 heterocycles. The molecule has 3 rings (SSSR count). The number of aromatic nitrogens is 4. The zero-order valence-electron chi connectivity index (χ0n) is 10.9. The van der Waals surface area contributed by atoms with E-state index in [1.807, 2.05) is 20.8 Å². The highest BCUT2D eigenvalue weighted by Crippen LogP contribution is 2.45. The molecule has 100 valence electrons. The van der Waals surface area contributed by atoms with Crippen molar-refractivity contribution in [2.24, 2.45) is 10.2 Å². The molecule has 19 heavy (non-hydrogen) atoms. The normalized spacial score (nSPS) is 17.7. The molecule has 0 aromatic carbocycles. The minimum atomic E-state index is -0.421. The van der Waals surface area contributed by atoms with Crippen LogP contribution in [0, 0.1) is 0 Å². The minimum absolute atomic E-state index is 0.000381. The van der Waals surface area contributed by atoms with Crippen molar-refractivity contribution in [2.75, 3.05) is 11.9 Å². The lowest BCUT2D eigenvalue weighted by Crippen LogP contribution is -2.16. The Morgan fingerprint density at radius 1 is 1.47 bits per heavy atom. The van der Waals surface area contributed by atoms with E-state index < -0.39 is 5.54 Å². The molecule has 0 bridgehead atoms. The van der Waals surface area contributed by atoms with Crippen LogP contribution in [-0.4, -0.2) is 31.7 Å². The summed E-state index contributed by atoms with van der Waals surface area (Å²) in [4.78, 5) is 0. The number of nitrogens with one attached hydrogen (secondary N) is 1. The van der Waals surface area contributed by atoms with Crippen LogP contribution >= 0.6 is 11.6 Å². The fraction of sp³-hybridized carbons (Fsp3) is 0.545. The third-order valence-electron chi connectivity index (χ3n) is 2.99. The lowest BCUT2D eigenvalue weighted by atomic mass is 9.96. The van der Waals surface area contributed by atoms with Crippen LogP contribution in [0.1, 0.15) is 26.3 Å². The van der Waals surface area contributed by atoms with E-state index in [0.717, 1.165) is 11.3 Å². The lowest BCUT2D eigenvalue weighted by Gasteiger charge is -2.16. The molecule has 0 saturated heterocycles. The Bertz CT molecular complexity index is 658. The number of alkyl halides is 1. The molecular formula is C11H14ClN7. The van der Waals surface area contributed by atoms with Gasteiger partial charge in [-0.1, -0.05) is 0 Å². The second kappa shape index (κ2) is 4.12. The molecule has 2 aromatic rings. The Hall–Kier alpha value is -1.76. The largest absolute Gasteiger partial charge is 0.365 e. The lowest BCUT2D eigenvalue weighted by molar-refractivity contribution is 0.556. The molecule has 8 heteroatoms. The van der Waals surface area contributed by atoms with Gasteiger partial charge < -0.3 is 5.32 Å². The van der Waals surface area contributed by atoms with Crippen LogP contribution in [0.5, 0.6) is 0 Å². The van der Waals surface area contributed by atoms with Gasteiger partial charge in [0.05, 0.1) is 5.56 Å². The number of azo groups is 1. The van der Waals surface area contributed by atoms with E-state index in [1.165, 1.54) is 0 Å². The molecule has 7 nitrogen and oxygen atoms in total. The average molecular weight is 280 g/mol. The van der Waals surface area contributed by atoms with E-state index in [0.29, 0.717) is 18.0 Å². The number of fused-ring (bicyclic) bond motifs is 3. The van der Waals surface area contributed by atoms with Crippen molar-refractivity contribution in [3.8, 4) is 0 Å². The first-order chi connectivity index (χ1) is 8.99. The van der Waals surface area contributed by atoms with E-state index in [2.05, 4.69) is 30.8 Å². The highest BCUT2D eigenvalue weighted by molar-refractivity contribution is 6.20. The van der Waals surface area contributed by atoms with Gasteiger partial charge in [0.25, 0.3) is 0 Å². The number of hydrogen-bond donors (Lipinski definition) is 1. The Kier molecular flexibility index (Phi) is 2.67. The highest BCUT2D eigenvalue weighted by atomic mass is 35.5. The number of hydrogen-bond acceptors (Lipinski definition) is 6. The maximum absolute atomic E-state index is 5.96. The van der Waals surface area contributed by atoms with E-state index in [1.54, 1.807) is 10.8 Å². The van der Waals surface area contributed by atoms with Crippen LogP contribution in [0.3, 0.4) is 0 Å². The van der Waals surface area contributed by atoms with Gasteiger partial charge in [-0.05, 0) is 20.8 Å². The molecule has 0 aliphatic carbocycles. The van der Waals surface area contributed by atoms with Gasteiger partial charge in [0.15, 0.2) is 11.5 Å². The summed E-state index contributed by atoms with van der Waals surface area (Å²) in [5, 5.41) is 24.1. The first-order valence-electron chi connectivity index (χ1n) is 6.04. The van der Waals surface area contributed by atoms with Crippen molar-refractivity contribution in [1.29, 1.82) is 0 Å². The zero-order chi connectivity index (χ0) is 13.6. The summed E-state index contributed by atoms with van der Waals surface area (Å²) in [6, 6.07) is 0. The maximum atomic E-state index is 5.96. The molecule has 0 spiro atoms. The second-order valence-electron chi connectivity index (χ2n) is 5.09. The molecule has 1 atom stereocenters. The average Bonchev–Trinajstić information content (AvgIpc) is 2.90. The molecule has 1 aliphatic heterocycles. The van der Waals surface area contributed by atoms with Crippen molar-refractivity contribution >= 4 is 28.8 Å². The Morgan fingerprint density at radius 3 is 3.00 bits per heavy atom. The van der Waals surface area contributed by atoms with E-state index in [-0.39, 0.29) is 5.38 Å². The van der Waals surface area contributed by atoms with Gasteiger partial charge in [0.1, 0.15) is 17.6 Å². The third-order valence-corrected chi connectivity index (χ3v) is 3.14. The molecule has 2 aromatic heterocycles. The summed E-state index contributed by atoms with van der Waals surface area (Å²) in [7, 11) is 0. The maximum Gasteiger partial charge on any atom is 0.185 e. The Balaban J connectivity index is 2.16. The predicted octanol–water partition coefficient (Wildman–Crippen LogP) is 2.50. The van der Waals surface area contributed by atoms with Crippen LogP contribution in [0.2, 0.25) is 0 Å². The van der Waals surface area contributed by atoms with Crippen molar-refractivity contribution in [1.82, 2.24) is 19.8 Å². The molecule has 0 amide bonds. The minimum Gasteiger partial charge on any atom is -0.365 e. The topological polar surface area (TPSA) is 79.8 Å². The molecule has 0 radical (unpaired) electrons. The second-order valence-corrected chi connectivity index (χ2v) is 5.84. The monoisotopic (exact) mass is 279 g/mol. The summed E-state index contributed by atoms with van der Waals surface area (Å²) in [5.41, 5.74) is 1.93. The fourth-order valence-electron chi connectivity index (χ4n) is 2.09. The Labute approximate surface area is 115 Å². The van der Waals surface area contributed by atoms with Gasteiger partial charge in [-0.25, -0.2) is 0 Å². The smallest absolute Gasteiger partial charge is 0.185 e. The molecule has 1 N–H and O–H groups in total. The molecule has 0 saturated carbocycles. The molecule has 0 fully saturated rings. The first-order valence-corrected chi connectivity index (χ1v) is 6.48. The number of halogens is 1. The highest BCUT2D eigenvalue weighted by Gasteiger charge is 2.35. The number of nitrogens with zero attached hydrogens (tertiary/aromatic N) is 6. The Morgan fingerprint density at radius 2 is 2.26 bits per heavy atom. The number of anilines is 1. The standard InChI is InChI=1S/C11H14ClN7/c1-6(12)4-13-9-8-7(11(2,3)18-15-8)10-16-14-5-19(10)17-9/h5-6H,4H2,1-3H3,(H,13,17). The van der Waals surface area contributed by atoms with E-state index in [9.17, 15) is 0 Å². The third kappa shape index (κ3) is 1.94. The van der Waals surface area contributed by atoms with Crippen LogP contribution in [-0.2, 0) is 5.54 Å². The first kappa shape index (κ1) is 12.3. The molecule has 1 aliphatic rings. The SMILES string of the molecule is CC(Cl)CNc1nn2cnnc2c2c1N=NC2(C)C. The van der Waals surface area contributed by atoms with Crippen LogP contribution in [0.4, 0.5) is 11.5 Å². The van der Waals surface area contributed by atoms with Crippen molar-refractivity contribution in [2.45, 2.75) is 31.7 Å². The summed E-state index contributed by atoms with van der Waals surface area (Å²) in [6.07, 6.45) is 1.57. The van der Waals surface area contributed by atoms with Crippen molar-refractivity contribution in [3.05, 3.63) is 11.9 Å². The summed E-state index contributed by atoms with van der Waals surface area (Å²) in [6.45, 7) is 6.50. The van der Waals surface area contributed by atoms with Crippen LogP contribution in [0.15, 0.2) is 16.6 Å². The van der Waals surface area contributed by atoms with Gasteiger partial charge >= 0.3 is 0 Å². The molecule has 1 unspecified atom stereocenters. The van der Waals surface area contributed by atoms with Gasteiger partial charge in [-0.2, -0.15) is 14.7 Å². The van der Waals surface area contributed by atoms with Crippen molar-refractivity contribution in [3.63, 3.8) is 0 Å². The summed E-state index contributed by atoms with van der Waals surface area (Å²) in [5.74, 6) is 0.657. The van der Waals surface area contributed by atoms with Gasteiger partial charge in [-0.3, -0.25) is 0 Å².